The summed E-state index contributed by atoms with van der Waals surface area (Å²) in [5, 5.41) is 0.473. The van der Waals surface area contributed by atoms with E-state index in [1.807, 2.05) is 19.1 Å². The number of hydrogen-bond donors (Lipinski definition) is 0. The number of hydrogen-bond acceptors (Lipinski definition) is 4. The van der Waals surface area contributed by atoms with Crippen LogP contribution in [0.1, 0.15) is 23.6 Å². The van der Waals surface area contributed by atoms with Crippen LogP contribution in [0.4, 0.5) is 11.4 Å². The zero-order chi connectivity index (χ0) is 23.4. The summed E-state index contributed by atoms with van der Waals surface area (Å²) in [6.07, 6.45) is 0.797. The van der Waals surface area contributed by atoms with Crippen LogP contribution < -0.4 is 9.80 Å². The summed E-state index contributed by atoms with van der Waals surface area (Å²) in [7, 11) is -4.19. The topological polar surface area (TPSA) is 74.8 Å². The molecule has 0 bridgehead atoms. The number of anilines is 2. The van der Waals surface area contributed by atoms with Gasteiger partial charge < -0.3 is 4.90 Å². The fraction of sp³-hybridized carbons (Fsp3) is 0.200. The SMILES string of the molecule is CCc1ccc(N2C(=O)CS(=O)(=O)[C@]23C(=O)N(Cc2ccccc2Cl)c2ccccc23)cc1. The number of nitrogens with zero attached hydrogens (tertiary/aromatic N) is 2. The molecule has 5 rings (SSSR count). The van der Waals surface area contributed by atoms with Gasteiger partial charge in [0, 0.05) is 16.3 Å². The third kappa shape index (κ3) is 3.03. The minimum atomic E-state index is -4.19. The minimum absolute atomic E-state index is 0.0869. The molecule has 2 heterocycles. The van der Waals surface area contributed by atoms with E-state index in [9.17, 15) is 18.0 Å². The fourth-order valence-electron chi connectivity index (χ4n) is 4.73. The van der Waals surface area contributed by atoms with Gasteiger partial charge >= 0.3 is 0 Å². The summed E-state index contributed by atoms with van der Waals surface area (Å²) < 4.78 is 27.2. The number of aryl methyl sites for hydroxylation is 1. The second kappa shape index (κ2) is 7.71. The molecule has 0 radical (unpaired) electrons. The normalized spacial score (nSPS) is 21.2. The molecule has 33 heavy (non-hydrogen) atoms. The molecule has 2 aliphatic heterocycles. The van der Waals surface area contributed by atoms with Gasteiger partial charge in [0.05, 0.1) is 12.2 Å². The van der Waals surface area contributed by atoms with Gasteiger partial charge in [-0.1, -0.05) is 67.1 Å². The van der Waals surface area contributed by atoms with Crippen LogP contribution in [0.3, 0.4) is 0 Å². The van der Waals surface area contributed by atoms with E-state index in [-0.39, 0.29) is 12.1 Å². The number of carbonyl (C=O) groups excluding carboxylic acids is 2. The molecule has 3 aromatic rings. The largest absolute Gasteiger partial charge is 0.304 e. The maximum absolute atomic E-state index is 14.1. The number of rotatable bonds is 4. The molecule has 2 aliphatic rings. The Morgan fingerprint density at radius 2 is 1.61 bits per heavy atom. The molecule has 0 saturated carbocycles. The van der Waals surface area contributed by atoms with E-state index in [1.165, 1.54) is 4.90 Å². The summed E-state index contributed by atoms with van der Waals surface area (Å²) in [6, 6.07) is 20.9. The van der Waals surface area contributed by atoms with Crippen molar-refractivity contribution in [2.75, 3.05) is 15.6 Å². The first kappa shape index (κ1) is 21.7. The second-order valence-electron chi connectivity index (χ2n) is 8.15. The highest BCUT2D eigenvalue weighted by Gasteiger charge is 2.69. The molecule has 1 saturated heterocycles. The monoisotopic (exact) mass is 480 g/mol. The quantitative estimate of drug-likeness (QED) is 0.564. The van der Waals surface area contributed by atoms with Crippen molar-refractivity contribution in [3.05, 3.63) is 94.5 Å². The fourth-order valence-corrected chi connectivity index (χ4v) is 6.95. The molecule has 0 unspecified atom stereocenters. The van der Waals surface area contributed by atoms with E-state index in [2.05, 4.69) is 0 Å². The molecule has 1 fully saturated rings. The van der Waals surface area contributed by atoms with Crippen LogP contribution in [0.2, 0.25) is 5.02 Å². The average molecular weight is 481 g/mol. The summed E-state index contributed by atoms with van der Waals surface area (Å²) in [4.78, 5) is 27.7. The Morgan fingerprint density at radius 1 is 0.939 bits per heavy atom. The third-order valence-electron chi connectivity index (χ3n) is 6.31. The van der Waals surface area contributed by atoms with Crippen molar-refractivity contribution in [2.45, 2.75) is 24.8 Å². The number of amides is 2. The molecule has 0 aliphatic carbocycles. The van der Waals surface area contributed by atoms with Crippen LogP contribution in [0.25, 0.3) is 0 Å². The first-order valence-corrected chi connectivity index (χ1v) is 12.6. The number of sulfone groups is 1. The molecule has 0 aromatic heterocycles. The molecule has 6 nitrogen and oxygen atoms in total. The lowest BCUT2D eigenvalue weighted by Gasteiger charge is -2.32. The van der Waals surface area contributed by atoms with Crippen molar-refractivity contribution in [3.8, 4) is 0 Å². The molecule has 8 heteroatoms. The van der Waals surface area contributed by atoms with Gasteiger partial charge in [-0.05, 0) is 41.8 Å². The molecule has 0 N–H and O–H groups in total. The molecule has 1 spiro atoms. The highest BCUT2D eigenvalue weighted by atomic mass is 35.5. The number of benzene rings is 3. The first-order valence-electron chi connectivity index (χ1n) is 10.6. The van der Waals surface area contributed by atoms with Crippen molar-refractivity contribution in [3.63, 3.8) is 0 Å². The Morgan fingerprint density at radius 3 is 2.30 bits per heavy atom. The minimum Gasteiger partial charge on any atom is -0.304 e. The van der Waals surface area contributed by atoms with E-state index in [0.717, 1.165) is 16.9 Å². The maximum Gasteiger partial charge on any atom is 0.274 e. The summed E-state index contributed by atoms with van der Waals surface area (Å²) in [5.74, 6) is -2.03. The lowest BCUT2D eigenvalue weighted by Crippen LogP contribution is -2.54. The van der Waals surface area contributed by atoms with Crippen LogP contribution >= 0.6 is 11.6 Å². The van der Waals surface area contributed by atoms with Gasteiger partial charge in [0.2, 0.25) is 5.91 Å². The Labute approximate surface area is 197 Å². The van der Waals surface area contributed by atoms with Crippen LogP contribution in [-0.4, -0.2) is 26.0 Å². The zero-order valence-electron chi connectivity index (χ0n) is 17.9. The Bertz CT molecular complexity index is 1390. The molecule has 1 atom stereocenters. The van der Waals surface area contributed by atoms with Crippen LogP contribution in [0.5, 0.6) is 0 Å². The van der Waals surface area contributed by atoms with Gasteiger partial charge in [-0.3, -0.25) is 14.5 Å². The van der Waals surface area contributed by atoms with Gasteiger partial charge in [0.1, 0.15) is 5.75 Å². The Kier molecular flexibility index (Phi) is 5.06. The molecule has 3 aromatic carbocycles. The molecular weight excluding hydrogens is 460 g/mol. The van der Waals surface area contributed by atoms with Crippen molar-refractivity contribution < 1.29 is 18.0 Å². The standard InChI is InChI=1S/C25H21ClN2O4S/c1-2-17-11-13-19(14-12-17)28-23(29)16-33(31,32)25(28)20-8-4-6-10-22(20)27(24(25)30)15-18-7-3-5-9-21(18)26/h3-14H,2,15-16H2,1H3/t25-/m1/s1. The van der Waals surface area contributed by atoms with Crippen LogP contribution in [0.15, 0.2) is 72.8 Å². The number of halogens is 1. The van der Waals surface area contributed by atoms with Crippen molar-refractivity contribution in [2.24, 2.45) is 0 Å². The molecule has 2 amide bonds. The van der Waals surface area contributed by atoms with E-state index in [1.54, 1.807) is 60.7 Å². The number of para-hydroxylation sites is 1. The highest BCUT2D eigenvalue weighted by Crippen LogP contribution is 2.52. The van der Waals surface area contributed by atoms with Gasteiger partial charge in [-0.15, -0.1) is 0 Å². The summed E-state index contributed by atoms with van der Waals surface area (Å²) in [6.45, 7) is 2.09. The smallest absolute Gasteiger partial charge is 0.274 e. The van der Waals surface area contributed by atoms with Crippen molar-refractivity contribution in [1.29, 1.82) is 0 Å². The van der Waals surface area contributed by atoms with E-state index in [0.29, 0.717) is 22.0 Å². The predicted octanol–water partition coefficient (Wildman–Crippen LogP) is 4.06. The summed E-state index contributed by atoms with van der Waals surface area (Å²) >= 11 is 6.34. The van der Waals surface area contributed by atoms with Gasteiger partial charge in [-0.25, -0.2) is 8.42 Å². The first-order chi connectivity index (χ1) is 15.8. The van der Waals surface area contributed by atoms with E-state index >= 15 is 0 Å². The molecular formula is C25H21ClN2O4S. The van der Waals surface area contributed by atoms with Gasteiger partial charge in [0.25, 0.3) is 10.8 Å². The predicted molar refractivity (Wildman–Crippen MR) is 128 cm³/mol. The summed E-state index contributed by atoms with van der Waals surface area (Å²) in [5.41, 5.74) is 2.84. The van der Waals surface area contributed by atoms with Crippen molar-refractivity contribution in [1.82, 2.24) is 0 Å². The highest BCUT2D eigenvalue weighted by molar-refractivity contribution is 7.94. The second-order valence-corrected chi connectivity index (χ2v) is 10.7. The van der Waals surface area contributed by atoms with E-state index in [4.69, 9.17) is 11.6 Å². The number of carbonyl (C=O) groups is 2. The number of fused-ring (bicyclic) bond motifs is 2. The lowest BCUT2D eigenvalue weighted by atomic mass is 10.0. The Balaban J connectivity index is 1.72. The zero-order valence-corrected chi connectivity index (χ0v) is 19.4. The van der Waals surface area contributed by atoms with Crippen LogP contribution in [0, 0.1) is 0 Å². The average Bonchev–Trinajstić information content (AvgIpc) is 3.18. The van der Waals surface area contributed by atoms with Gasteiger partial charge in [0.15, 0.2) is 9.84 Å². The van der Waals surface area contributed by atoms with E-state index < -0.39 is 32.3 Å². The molecule has 168 valence electrons. The van der Waals surface area contributed by atoms with Crippen LogP contribution in [-0.2, 0) is 37.3 Å². The Hall–Kier alpha value is -3.16. The van der Waals surface area contributed by atoms with Gasteiger partial charge in [-0.2, -0.15) is 0 Å². The van der Waals surface area contributed by atoms with Crippen molar-refractivity contribution >= 4 is 44.6 Å². The lowest BCUT2D eigenvalue weighted by molar-refractivity contribution is -0.123. The maximum atomic E-state index is 14.1. The third-order valence-corrected chi connectivity index (χ3v) is 8.78.